The van der Waals surface area contributed by atoms with Gasteiger partial charge in [-0.2, -0.15) is 0 Å². The highest BCUT2D eigenvalue weighted by molar-refractivity contribution is 6.30. The van der Waals surface area contributed by atoms with Crippen molar-refractivity contribution in [3.05, 3.63) is 87.4 Å². The lowest BCUT2D eigenvalue weighted by molar-refractivity contribution is 0.291. The molecule has 0 radical (unpaired) electrons. The van der Waals surface area contributed by atoms with Crippen LogP contribution < -0.4 is 15.7 Å². The topological polar surface area (TPSA) is 69.0 Å². The van der Waals surface area contributed by atoms with Crippen LogP contribution in [0.5, 0.6) is 5.88 Å². The molecule has 0 aliphatic carbocycles. The number of aryl methyl sites for hydroxylation is 1. The molecule has 1 N–H and O–H groups in total. The molecule has 0 atom stereocenters. The van der Waals surface area contributed by atoms with E-state index in [1.54, 1.807) is 12.3 Å². The van der Waals surface area contributed by atoms with Crippen LogP contribution in [0.4, 0.5) is 0 Å². The fraction of sp³-hybridized carbons (Fsp3) is 0.211. The molecule has 3 rings (SSSR count). The van der Waals surface area contributed by atoms with Crippen LogP contribution in [0.3, 0.4) is 0 Å². The molecular formula is C19H19ClN4O2. The van der Waals surface area contributed by atoms with Crippen LogP contribution in [-0.4, -0.2) is 21.5 Å². The zero-order chi connectivity index (χ0) is 18.2. The van der Waals surface area contributed by atoms with Gasteiger partial charge in [-0.25, -0.2) is 0 Å². The number of hydrogen-bond donors (Lipinski definition) is 1. The highest BCUT2D eigenvalue weighted by atomic mass is 35.5. The summed E-state index contributed by atoms with van der Waals surface area (Å²) in [5.41, 5.74) is 4.69. The maximum Gasteiger partial charge on any atom is 0.286 e. The highest BCUT2D eigenvalue weighted by Crippen LogP contribution is 2.11. The summed E-state index contributed by atoms with van der Waals surface area (Å²) < 4.78 is 5.65. The third-order valence-corrected chi connectivity index (χ3v) is 3.94. The third kappa shape index (κ3) is 5.32. The summed E-state index contributed by atoms with van der Waals surface area (Å²) in [6, 6.07) is 16.4. The first kappa shape index (κ1) is 17.9. The smallest absolute Gasteiger partial charge is 0.286 e. The molecule has 0 fully saturated rings. The molecule has 2 heterocycles. The highest BCUT2D eigenvalue weighted by Gasteiger charge is 2.02. The van der Waals surface area contributed by atoms with E-state index in [0.717, 1.165) is 23.6 Å². The van der Waals surface area contributed by atoms with Crippen LogP contribution in [0.15, 0.2) is 65.6 Å². The summed E-state index contributed by atoms with van der Waals surface area (Å²) >= 11 is 5.87. The van der Waals surface area contributed by atoms with E-state index in [-0.39, 0.29) is 5.56 Å². The fourth-order valence-electron chi connectivity index (χ4n) is 2.35. The molecule has 0 bridgehead atoms. The third-order valence-electron chi connectivity index (χ3n) is 3.68. The first-order valence-electron chi connectivity index (χ1n) is 8.32. The van der Waals surface area contributed by atoms with Crippen molar-refractivity contribution in [1.82, 2.24) is 14.9 Å². The average molecular weight is 371 g/mol. The molecule has 0 aliphatic rings. The predicted molar refractivity (Wildman–Crippen MR) is 101 cm³/mol. The van der Waals surface area contributed by atoms with Gasteiger partial charge in [0, 0.05) is 23.4 Å². The Hall–Kier alpha value is -2.86. The van der Waals surface area contributed by atoms with Crippen LogP contribution >= 0.6 is 11.6 Å². The predicted octanol–water partition coefficient (Wildman–Crippen LogP) is 3.05. The number of aromatic nitrogens is 3. The summed E-state index contributed by atoms with van der Waals surface area (Å²) in [7, 11) is 0. The maximum absolute atomic E-state index is 11.9. The van der Waals surface area contributed by atoms with E-state index >= 15 is 0 Å². The van der Waals surface area contributed by atoms with Gasteiger partial charge in [0.05, 0.1) is 18.8 Å². The standard InChI is InChI=1S/C19H19ClN4O2/c20-16-8-6-15(7-9-16)4-3-13-26-18-10-11-19(25)24(23-18)22-14-17-5-1-2-12-21-17/h1-2,5-12,22H,3-4,13-14H2. The molecule has 1 aromatic carbocycles. The van der Waals surface area contributed by atoms with E-state index in [1.165, 1.54) is 16.4 Å². The van der Waals surface area contributed by atoms with Crippen molar-refractivity contribution in [2.75, 3.05) is 12.0 Å². The van der Waals surface area contributed by atoms with Crippen LogP contribution in [0.25, 0.3) is 0 Å². The summed E-state index contributed by atoms with van der Waals surface area (Å²) in [5, 5.41) is 4.90. The van der Waals surface area contributed by atoms with E-state index in [9.17, 15) is 4.79 Å². The zero-order valence-corrected chi connectivity index (χ0v) is 14.9. The van der Waals surface area contributed by atoms with E-state index in [2.05, 4.69) is 15.5 Å². The van der Waals surface area contributed by atoms with Gasteiger partial charge >= 0.3 is 0 Å². The molecule has 0 saturated carbocycles. The zero-order valence-electron chi connectivity index (χ0n) is 14.1. The fourth-order valence-corrected chi connectivity index (χ4v) is 2.47. The second kappa shape index (κ2) is 9.01. The SMILES string of the molecule is O=c1ccc(OCCCc2ccc(Cl)cc2)nn1NCc1ccccn1. The Labute approximate surface area is 156 Å². The van der Waals surface area contributed by atoms with Gasteiger partial charge in [0.1, 0.15) is 0 Å². The quantitative estimate of drug-likeness (QED) is 0.617. The number of rotatable bonds is 8. The summed E-state index contributed by atoms with van der Waals surface area (Å²) in [6.07, 6.45) is 3.42. The number of nitrogens with zero attached hydrogens (tertiary/aromatic N) is 3. The van der Waals surface area contributed by atoms with Crippen LogP contribution in [0.1, 0.15) is 17.7 Å². The molecule has 0 amide bonds. The molecule has 26 heavy (non-hydrogen) atoms. The molecule has 6 nitrogen and oxygen atoms in total. The van der Waals surface area contributed by atoms with Crippen molar-refractivity contribution in [1.29, 1.82) is 0 Å². The largest absolute Gasteiger partial charge is 0.477 e. The lowest BCUT2D eigenvalue weighted by Crippen LogP contribution is -2.30. The Balaban J connectivity index is 1.50. The van der Waals surface area contributed by atoms with Gasteiger partial charge in [0.25, 0.3) is 5.56 Å². The molecular weight excluding hydrogens is 352 g/mol. The van der Waals surface area contributed by atoms with Crippen molar-refractivity contribution in [2.45, 2.75) is 19.4 Å². The van der Waals surface area contributed by atoms with Crippen molar-refractivity contribution >= 4 is 11.6 Å². The van der Waals surface area contributed by atoms with Crippen LogP contribution in [0, 0.1) is 0 Å². The van der Waals surface area contributed by atoms with Crippen LogP contribution in [0.2, 0.25) is 5.02 Å². The molecule has 0 unspecified atom stereocenters. The molecule has 3 aromatic rings. The van der Waals surface area contributed by atoms with Crippen LogP contribution in [-0.2, 0) is 13.0 Å². The Morgan fingerprint density at radius 1 is 1.08 bits per heavy atom. The molecule has 0 saturated heterocycles. The first-order valence-corrected chi connectivity index (χ1v) is 8.70. The van der Waals surface area contributed by atoms with Gasteiger partial charge in [-0.05, 0) is 42.7 Å². The summed E-state index contributed by atoms with van der Waals surface area (Å²) in [6.45, 7) is 0.905. The number of hydrogen-bond acceptors (Lipinski definition) is 5. The lowest BCUT2D eigenvalue weighted by atomic mass is 10.1. The Kier molecular flexibility index (Phi) is 6.22. The minimum atomic E-state index is -0.255. The average Bonchev–Trinajstić information content (AvgIpc) is 2.67. The number of ether oxygens (including phenoxy) is 1. The van der Waals surface area contributed by atoms with E-state index < -0.39 is 0 Å². The molecule has 7 heteroatoms. The molecule has 134 valence electrons. The van der Waals surface area contributed by atoms with Gasteiger partial charge in [-0.15, -0.1) is 9.89 Å². The van der Waals surface area contributed by atoms with Crippen molar-refractivity contribution in [2.24, 2.45) is 0 Å². The molecule has 0 spiro atoms. The number of benzene rings is 1. The number of halogens is 1. The Bertz CT molecular complexity index is 882. The lowest BCUT2D eigenvalue weighted by Gasteiger charge is -2.10. The number of pyridine rings is 1. The maximum atomic E-state index is 11.9. The second-order valence-corrected chi connectivity index (χ2v) is 6.09. The van der Waals surface area contributed by atoms with Crippen molar-refractivity contribution in [3.63, 3.8) is 0 Å². The molecule has 0 aliphatic heterocycles. The van der Waals surface area contributed by atoms with E-state index in [1.807, 2.05) is 42.5 Å². The Morgan fingerprint density at radius 3 is 2.69 bits per heavy atom. The minimum Gasteiger partial charge on any atom is -0.477 e. The van der Waals surface area contributed by atoms with Gasteiger partial charge in [-0.3, -0.25) is 9.78 Å². The van der Waals surface area contributed by atoms with Crippen molar-refractivity contribution < 1.29 is 4.74 Å². The van der Waals surface area contributed by atoms with Crippen molar-refractivity contribution in [3.8, 4) is 5.88 Å². The summed E-state index contributed by atoms with van der Waals surface area (Å²) in [4.78, 5) is 17.3. The number of nitrogens with one attached hydrogen (secondary N) is 1. The second-order valence-electron chi connectivity index (χ2n) is 5.66. The van der Waals surface area contributed by atoms with E-state index in [0.29, 0.717) is 19.0 Å². The Morgan fingerprint density at radius 2 is 1.92 bits per heavy atom. The van der Waals surface area contributed by atoms with Gasteiger partial charge in [-0.1, -0.05) is 29.8 Å². The summed E-state index contributed by atoms with van der Waals surface area (Å²) in [5.74, 6) is 0.397. The van der Waals surface area contributed by atoms with Gasteiger partial charge in [0.2, 0.25) is 5.88 Å². The monoisotopic (exact) mass is 370 g/mol. The van der Waals surface area contributed by atoms with E-state index in [4.69, 9.17) is 16.3 Å². The minimum absolute atomic E-state index is 0.255. The normalized spacial score (nSPS) is 10.5. The first-order chi connectivity index (χ1) is 12.7. The molecule has 2 aromatic heterocycles. The van der Waals surface area contributed by atoms with Gasteiger partial charge < -0.3 is 10.2 Å². The van der Waals surface area contributed by atoms with Gasteiger partial charge in [0.15, 0.2) is 0 Å².